The van der Waals surface area contributed by atoms with E-state index in [4.69, 9.17) is 0 Å². The zero-order valence-corrected chi connectivity index (χ0v) is 36.4. The van der Waals surface area contributed by atoms with Gasteiger partial charge in [0, 0.05) is 0 Å². The van der Waals surface area contributed by atoms with Crippen LogP contribution in [0.2, 0.25) is 0 Å². The first-order chi connectivity index (χ1) is 26.5. The molecule has 0 spiro atoms. The summed E-state index contributed by atoms with van der Waals surface area (Å²) < 4.78 is 0. The highest BCUT2D eigenvalue weighted by Gasteiger charge is 2.21. The molecule has 0 saturated heterocycles. The van der Waals surface area contributed by atoms with Crippen LogP contribution in [-0.4, -0.2) is 46.1 Å². The second-order valence-corrected chi connectivity index (χ2v) is 16.8. The van der Waals surface area contributed by atoms with Gasteiger partial charge in [0.1, 0.15) is 0 Å². The molecule has 5 nitrogen and oxygen atoms in total. The SMILES string of the molecule is CCCCC/C=C\C=C/CCCCCCCCCCC(O)CC(=O)NC(CO)C(O)CCCCCCCCCCCCCCCCCCCCCCCC. The Morgan fingerprint density at radius 1 is 0.463 bits per heavy atom. The van der Waals surface area contributed by atoms with E-state index in [1.54, 1.807) is 0 Å². The van der Waals surface area contributed by atoms with Gasteiger partial charge in [0.05, 0.1) is 31.3 Å². The lowest BCUT2D eigenvalue weighted by Gasteiger charge is -2.23. The first kappa shape index (κ1) is 52.8. The van der Waals surface area contributed by atoms with Crippen LogP contribution in [0.3, 0.4) is 0 Å². The van der Waals surface area contributed by atoms with Crippen molar-refractivity contribution in [2.75, 3.05) is 6.61 Å². The smallest absolute Gasteiger partial charge is 0.222 e. The number of nitrogens with one attached hydrogen (secondary N) is 1. The third kappa shape index (κ3) is 40.5. The van der Waals surface area contributed by atoms with E-state index >= 15 is 0 Å². The van der Waals surface area contributed by atoms with Gasteiger partial charge in [0.25, 0.3) is 0 Å². The van der Waals surface area contributed by atoms with Crippen LogP contribution >= 0.6 is 0 Å². The number of aliphatic hydroxyl groups excluding tert-OH is 3. The predicted octanol–water partition coefficient (Wildman–Crippen LogP) is 14.2. The molecule has 0 aliphatic rings. The second kappa shape index (κ2) is 44.5. The summed E-state index contributed by atoms with van der Waals surface area (Å²) in [5.41, 5.74) is 0. The fraction of sp³-hybridized carbons (Fsp3) is 0.898. The van der Waals surface area contributed by atoms with Gasteiger partial charge in [-0.1, -0.05) is 237 Å². The molecule has 54 heavy (non-hydrogen) atoms. The number of aliphatic hydroxyl groups is 3. The van der Waals surface area contributed by atoms with Crippen molar-refractivity contribution in [3.05, 3.63) is 24.3 Å². The molecule has 0 heterocycles. The van der Waals surface area contributed by atoms with Crippen LogP contribution in [0, 0.1) is 0 Å². The van der Waals surface area contributed by atoms with Crippen molar-refractivity contribution in [1.29, 1.82) is 0 Å². The van der Waals surface area contributed by atoms with Crippen molar-refractivity contribution in [3.63, 3.8) is 0 Å². The average Bonchev–Trinajstić information content (AvgIpc) is 3.16. The van der Waals surface area contributed by atoms with Gasteiger partial charge in [0.2, 0.25) is 5.91 Å². The number of allylic oxidation sites excluding steroid dienone is 4. The number of carbonyl (C=O) groups excluding carboxylic acids is 1. The minimum atomic E-state index is -0.750. The highest BCUT2D eigenvalue weighted by atomic mass is 16.3. The number of hydrogen-bond acceptors (Lipinski definition) is 4. The molecule has 0 saturated carbocycles. The summed E-state index contributed by atoms with van der Waals surface area (Å²) in [5.74, 6) is -0.285. The zero-order chi connectivity index (χ0) is 39.4. The molecule has 0 aliphatic carbocycles. The van der Waals surface area contributed by atoms with Crippen LogP contribution in [0.15, 0.2) is 24.3 Å². The number of carbonyl (C=O) groups is 1. The molecule has 0 aromatic rings. The molecule has 0 rings (SSSR count). The second-order valence-electron chi connectivity index (χ2n) is 16.8. The summed E-state index contributed by atoms with van der Waals surface area (Å²) in [7, 11) is 0. The molecule has 3 unspecified atom stereocenters. The molecule has 0 radical (unpaired) electrons. The van der Waals surface area contributed by atoms with Gasteiger partial charge < -0.3 is 20.6 Å². The summed E-state index contributed by atoms with van der Waals surface area (Å²) in [4.78, 5) is 12.5. The van der Waals surface area contributed by atoms with Crippen LogP contribution in [-0.2, 0) is 4.79 Å². The maximum absolute atomic E-state index is 12.5. The molecule has 0 aromatic heterocycles. The van der Waals surface area contributed by atoms with Gasteiger partial charge >= 0.3 is 0 Å². The van der Waals surface area contributed by atoms with Gasteiger partial charge in [-0.15, -0.1) is 0 Å². The summed E-state index contributed by atoms with van der Waals surface area (Å²) in [6.07, 6.45) is 54.4. The molecule has 3 atom stereocenters. The standard InChI is InChI=1S/C49H95NO4/c1-3-5-7-9-11-13-15-17-19-21-22-23-24-25-27-29-31-33-35-37-39-41-43-48(53)47(45-51)50-49(54)44-46(52)42-40-38-36-34-32-30-28-26-20-18-16-14-12-10-8-6-4-2/h12,14,16,18,46-48,51-53H,3-11,13,15,17,19-45H2,1-2H3,(H,50,54)/b14-12-,18-16-. The third-order valence-electron chi connectivity index (χ3n) is 11.3. The van der Waals surface area contributed by atoms with E-state index in [-0.39, 0.29) is 18.9 Å². The Morgan fingerprint density at radius 3 is 1.17 bits per heavy atom. The monoisotopic (exact) mass is 762 g/mol. The number of rotatable bonds is 44. The topological polar surface area (TPSA) is 89.8 Å². The quantitative estimate of drug-likeness (QED) is 0.0368. The molecule has 0 fully saturated rings. The van der Waals surface area contributed by atoms with Gasteiger partial charge in [-0.3, -0.25) is 4.79 Å². The van der Waals surface area contributed by atoms with Crippen LogP contribution in [0.25, 0.3) is 0 Å². The van der Waals surface area contributed by atoms with E-state index in [1.807, 2.05) is 0 Å². The Kier molecular flexibility index (Phi) is 43.6. The largest absolute Gasteiger partial charge is 0.394 e. The summed E-state index contributed by atoms with van der Waals surface area (Å²) in [6.45, 7) is 4.25. The molecule has 0 aromatic carbocycles. The maximum atomic E-state index is 12.5. The zero-order valence-electron chi connectivity index (χ0n) is 36.4. The Labute approximate surface area is 337 Å². The normalized spacial score (nSPS) is 13.6. The molecule has 4 N–H and O–H groups in total. The van der Waals surface area contributed by atoms with Gasteiger partial charge in [0.15, 0.2) is 0 Å². The average molecular weight is 762 g/mol. The predicted molar refractivity (Wildman–Crippen MR) is 236 cm³/mol. The van der Waals surface area contributed by atoms with E-state index in [0.717, 1.165) is 25.7 Å². The Bertz CT molecular complexity index is 799. The van der Waals surface area contributed by atoms with E-state index < -0.39 is 18.2 Å². The van der Waals surface area contributed by atoms with Crippen molar-refractivity contribution in [3.8, 4) is 0 Å². The van der Waals surface area contributed by atoms with Gasteiger partial charge in [-0.25, -0.2) is 0 Å². The molecule has 0 aliphatic heterocycles. The Morgan fingerprint density at radius 2 is 0.778 bits per heavy atom. The van der Waals surface area contributed by atoms with Crippen molar-refractivity contribution in [1.82, 2.24) is 5.32 Å². The highest BCUT2D eigenvalue weighted by Crippen LogP contribution is 2.17. The lowest BCUT2D eigenvalue weighted by Crippen LogP contribution is -2.46. The van der Waals surface area contributed by atoms with E-state index in [1.165, 1.54) is 199 Å². The van der Waals surface area contributed by atoms with E-state index in [2.05, 4.69) is 43.5 Å². The van der Waals surface area contributed by atoms with Crippen LogP contribution in [0.4, 0.5) is 0 Å². The first-order valence-electron chi connectivity index (χ1n) is 24.1. The first-order valence-corrected chi connectivity index (χ1v) is 24.1. The fourth-order valence-corrected chi connectivity index (χ4v) is 7.57. The fourth-order valence-electron chi connectivity index (χ4n) is 7.57. The third-order valence-corrected chi connectivity index (χ3v) is 11.3. The lowest BCUT2D eigenvalue weighted by atomic mass is 10.0. The molecule has 5 heteroatoms. The van der Waals surface area contributed by atoms with Crippen molar-refractivity contribution in [2.24, 2.45) is 0 Å². The van der Waals surface area contributed by atoms with Crippen LogP contribution in [0.5, 0.6) is 0 Å². The maximum Gasteiger partial charge on any atom is 0.222 e. The molecular formula is C49H95NO4. The summed E-state index contributed by atoms with van der Waals surface area (Å²) >= 11 is 0. The van der Waals surface area contributed by atoms with Crippen molar-refractivity contribution >= 4 is 5.91 Å². The van der Waals surface area contributed by atoms with Crippen LogP contribution < -0.4 is 5.32 Å². The van der Waals surface area contributed by atoms with Gasteiger partial charge in [-0.05, 0) is 38.5 Å². The lowest BCUT2D eigenvalue weighted by molar-refractivity contribution is -0.125. The molecule has 320 valence electrons. The summed E-state index contributed by atoms with van der Waals surface area (Å²) in [5, 5.41) is 33.5. The Hall–Kier alpha value is -1.17. The van der Waals surface area contributed by atoms with E-state index in [9.17, 15) is 20.1 Å². The molecule has 0 bridgehead atoms. The van der Waals surface area contributed by atoms with Gasteiger partial charge in [-0.2, -0.15) is 0 Å². The number of amides is 1. The van der Waals surface area contributed by atoms with E-state index in [0.29, 0.717) is 12.8 Å². The minimum absolute atomic E-state index is 0.0334. The Balaban J connectivity index is 3.58. The minimum Gasteiger partial charge on any atom is -0.394 e. The van der Waals surface area contributed by atoms with Crippen molar-refractivity contribution < 1.29 is 20.1 Å². The van der Waals surface area contributed by atoms with Crippen LogP contribution in [0.1, 0.15) is 258 Å². The number of unbranched alkanes of at least 4 members (excludes halogenated alkanes) is 32. The molecule has 1 amide bonds. The highest BCUT2D eigenvalue weighted by molar-refractivity contribution is 5.76. The van der Waals surface area contributed by atoms with Crippen molar-refractivity contribution in [2.45, 2.75) is 276 Å². The summed E-state index contributed by atoms with van der Waals surface area (Å²) in [6, 6.07) is -0.659. The molecular weight excluding hydrogens is 667 g/mol. The number of hydrogen-bond donors (Lipinski definition) is 4.